The number of nitrogen functional groups attached to an aromatic ring is 1. The number of nitrogens with two attached hydrogens (primary N) is 1. The van der Waals surface area contributed by atoms with Crippen molar-refractivity contribution >= 4 is 22.7 Å². The van der Waals surface area contributed by atoms with Gasteiger partial charge in [0.05, 0.1) is 28.8 Å². The fourth-order valence-electron chi connectivity index (χ4n) is 4.07. The number of fused-ring (bicyclic) bond motifs is 1. The minimum absolute atomic E-state index is 0.0121. The lowest BCUT2D eigenvalue weighted by Gasteiger charge is -2.21. The van der Waals surface area contributed by atoms with E-state index in [0.29, 0.717) is 33.5 Å². The predicted molar refractivity (Wildman–Crippen MR) is 137 cm³/mol. The van der Waals surface area contributed by atoms with E-state index in [1.54, 1.807) is 30.5 Å². The molecule has 0 aliphatic heterocycles. The van der Waals surface area contributed by atoms with Crippen LogP contribution in [0.1, 0.15) is 24.4 Å². The highest BCUT2D eigenvalue weighted by atomic mass is 16.1. The Morgan fingerprint density at radius 2 is 1.89 bits per heavy atom. The van der Waals surface area contributed by atoms with Gasteiger partial charge in [0.15, 0.2) is 0 Å². The second-order valence-corrected chi connectivity index (χ2v) is 8.06. The lowest BCUT2D eigenvalue weighted by molar-refractivity contribution is 0.731. The number of rotatable bonds is 5. The first kappa shape index (κ1) is 22.5. The monoisotopic (exact) mass is 476 g/mol. The van der Waals surface area contributed by atoms with Crippen LogP contribution >= 0.6 is 0 Å². The summed E-state index contributed by atoms with van der Waals surface area (Å²) in [6.45, 7) is 1.81. The number of aromatic nitrogens is 5. The Morgan fingerprint density at radius 3 is 2.64 bits per heavy atom. The second-order valence-electron chi connectivity index (χ2n) is 8.06. The summed E-state index contributed by atoms with van der Waals surface area (Å²) in [6.07, 6.45) is 2.88. The van der Waals surface area contributed by atoms with Crippen LogP contribution in [0.15, 0.2) is 82.6 Å². The van der Waals surface area contributed by atoms with Crippen molar-refractivity contribution in [2.75, 3.05) is 11.1 Å². The molecular formula is C26H20N8O2. The third-order valence-electron chi connectivity index (χ3n) is 5.69. The lowest BCUT2D eigenvalue weighted by atomic mass is 10.0. The van der Waals surface area contributed by atoms with Crippen LogP contribution in [-0.4, -0.2) is 24.5 Å². The summed E-state index contributed by atoms with van der Waals surface area (Å²) in [5, 5.41) is 13.0. The number of pyridine rings is 1. The number of anilines is 2. The summed E-state index contributed by atoms with van der Waals surface area (Å²) in [5.41, 5.74) is 7.67. The van der Waals surface area contributed by atoms with Gasteiger partial charge in [0.25, 0.3) is 5.56 Å². The van der Waals surface area contributed by atoms with Crippen molar-refractivity contribution < 1.29 is 0 Å². The van der Waals surface area contributed by atoms with Gasteiger partial charge in [-0.05, 0) is 42.3 Å². The maximum atomic E-state index is 14.1. The highest BCUT2D eigenvalue weighted by molar-refractivity contribution is 5.94. The van der Waals surface area contributed by atoms with Crippen molar-refractivity contribution in [1.82, 2.24) is 24.5 Å². The number of aromatic amines is 1. The molecule has 10 heteroatoms. The Hall–Kier alpha value is -5.30. The molecule has 176 valence electrons. The number of nitrogens with one attached hydrogen (secondary N) is 2. The van der Waals surface area contributed by atoms with Crippen molar-refractivity contribution in [3.05, 3.63) is 105 Å². The molecule has 3 aromatic heterocycles. The molecule has 3 heterocycles. The van der Waals surface area contributed by atoms with Crippen LogP contribution in [0, 0.1) is 11.3 Å². The fourth-order valence-corrected chi connectivity index (χ4v) is 4.07. The van der Waals surface area contributed by atoms with E-state index < -0.39 is 6.04 Å². The van der Waals surface area contributed by atoms with Gasteiger partial charge in [-0.3, -0.25) is 14.2 Å². The van der Waals surface area contributed by atoms with Crippen LogP contribution < -0.4 is 22.2 Å². The molecule has 10 nitrogen and oxygen atoms in total. The lowest BCUT2D eigenvalue weighted by Crippen LogP contribution is -2.28. The molecule has 5 rings (SSSR count). The molecule has 0 spiro atoms. The van der Waals surface area contributed by atoms with E-state index in [2.05, 4.69) is 20.3 Å². The summed E-state index contributed by atoms with van der Waals surface area (Å²) in [7, 11) is 0. The van der Waals surface area contributed by atoms with Gasteiger partial charge in [-0.2, -0.15) is 10.2 Å². The molecule has 4 N–H and O–H groups in total. The van der Waals surface area contributed by atoms with Crippen LogP contribution in [0.3, 0.4) is 0 Å². The largest absolute Gasteiger partial charge is 0.368 e. The van der Waals surface area contributed by atoms with E-state index in [9.17, 15) is 14.9 Å². The minimum Gasteiger partial charge on any atom is -0.368 e. The van der Waals surface area contributed by atoms with E-state index in [-0.39, 0.29) is 28.4 Å². The summed E-state index contributed by atoms with van der Waals surface area (Å²) < 4.78 is 1.52. The Balaban J connectivity index is 1.76. The molecule has 1 atom stereocenters. The zero-order valence-electron chi connectivity index (χ0n) is 19.1. The maximum Gasteiger partial charge on any atom is 0.266 e. The van der Waals surface area contributed by atoms with Crippen LogP contribution in [-0.2, 0) is 0 Å². The molecule has 36 heavy (non-hydrogen) atoms. The van der Waals surface area contributed by atoms with E-state index >= 15 is 0 Å². The van der Waals surface area contributed by atoms with Crippen molar-refractivity contribution in [2.24, 2.45) is 0 Å². The average Bonchev–Trinajstić information content (AvgIpc) is 2.89. The van der Waals surface area contributed by atoms with Gasteiger partial charge in [-0.15, -0.1) is 0 Å². The molecular weight excluding hydrogens is 456 g/mol. The molecule has 0 radical (unpaired) electrons. The van der Waals surface area contributed by atoms with Crippen LogP contribution in [0.5, 0.6) is 0 Å². The predicted octanol–water partition coefficient (Wildman–Crippen LogP) is 3.16. The average molecular weight is 477 g/mol. The third kappa shape index (κ3) is 4.05. The molecule has 0 aliphatic rings. The number of para-hydroxylation sites is 1. The fraction of sp³-hybridized carbons (Fsp3) is 0.0769. The first-order valence-corrected chi connectivity index (χ1v) is 11.1. The molecule has 2 aromatic carbocycles. The number of hydrogen-bond acceptors (Lipinski definition) is 8. The SMILES string of the molecule is C[C@H](Nc1nc(N)ncc1C#N)c1nc2cccc(-c3cc[nH]c(=O)c3)c2c(=O)n1-c1ccccc1. The smallest absolute Gasteiger partial charge is 0.266 e. The highest BCUT2D eigenvalue weighted by Gasteiger charge is 2.21. The molecule has 0 amide bonds. The van der Waals surface area contributed by atoms with Gasteiger partial charge >= 0.3 is 0 Å². The molecule has 5 aromatic rings. The summed E-state index contributed by atoms with van der Waals surface area (Å²) in [5.74, 6) is 0.657. The Bertz CT molecular complexity index is 1750. The van der Waals surface area contributed by atoms with Gasteiger partial charge < -0.3 is 16.0 Å². The minimum atomic E-state index is -0.549. The van der Waals surface area contributed by atoms with Gasteiger partial charge in [0.2, 0.25) is 11.5 Å². The standard InChI is InChI=1S/C26H20N8O2/c1-15(31-23-17(13-27)14-30-26(28)33-23)24-32-20-9-5-8-19(16-10-11-29-21(35)12-16)22(20)25(36)34(24)18-6-3-2-4-7-18/h2-12,14-15H,1H3,(H,29,35)(H3,28,30,31,33)/t15-/m0/s1. The number of benzene rings is 2. The number of H-pyrrole nitrogens is 1. The van der Waals surface area contributed by atoms with Gasteiger partial charge in [-0.25, -0.2) is 9.97 Å². The molecule has 0 bridgehead atoms. The van der Waals surface area contributed by atoms with Crippen molar-refractivity contribution in [2.45, 2.75) is 13.0 Å². The van der Waals surface area contributed by atoms with Gasteiger partial charge in [0.1, 0.15) is 23.3 Å². The molecule has 0 saturated carbocycles. The summed E-state index contributed by atoms with van der Waals surface area (Å²) >= 11 is 0. The number of nitriles is 1. The second kappa shape index (κ2) is 9.15. The van der Waals surface area contributed by atoms with Crippen molar-refractivity contribution in [3.8, 4) is 22.9 Å². The first-order valence-electron chi connectivity index (χ1n) is 11.1. The third-order valence-corrected chi connectivity index (χ3v) is 5.69. The van der Waals surface area contributed by atoms with Crippen LogP contribution in [0.2, 0.25) is 0 Å². The van der Waals surface area contributed by atoms with Gasteiger partial charge in [0, 0.05) is 12.3 Å². The van der Waals surface area contributed by atoms with Crippen LogP contribution in [0.25, 0.3) is 27.7 Å². The Kier molecular flexibility index (Phi) is 5.72. The van der Waals surface area contributed by atoms with E-state index in [1.807, 2.05) is 43.3 Å². The Morgan fingerprint density at radius 1 is 1.08 bits per heavy atom. The van der Waals surface area contributed by atoms with Gasteiger partial charge in [-0.1, -0.05) is 30.3 Å². The topological polar surface area (TPSA) is 155 Å². The van der Waals surface area contributed by atoms with Crippen molar-refractivity contribution in [1.29, 1.82) is 5.26 Å². The first-order chi connectivity index (χ1) is 17.5. The molecule has 0 unspecified atom stereocenters. The molecule has 0 saturated heterocycles. The van der Waals surface area contributed by atoms with E-state index in [1.165, 1.54) is 16.8 Å². The van der Waals surface area contributed by atoms with E-state index in [0.717, 1.165) is 0 Å². The zero-order chi connectivity index (χ0) is 25.2. The summed E-state index contributed by atoms with van der Waals surface area (Å²) in [4.78, 5) is 41.5. The quantitative estimate of drug-likeness (QED) is 0.349. The van der Waals surface area contributed by atoms with Crippen LogP contribution in [0.4, 0.5) is 11.8 Å². The summed E-state index contributed by atoms with van der Waals surface area (Å²) in [6, 6.07) is 19.1. The molecule has 0 aliphatic carbocycles. The number of nitrogens with zero attached hydrogens (tertiary/aromatic N) is 5. The Labute approximate surface area is 204 Å². The zero-order valence-corrected chi connectivity index (χ0v) is 19.1. The maximum absolute atomic E-state index is 14.1. The highest BCUT2D eigenvalue weighted by Crippen LogP contribution is 2.28. The normalized spacial score (nSPS) is 11.7. The van der Waals surface area contributed by atoms with Crippen molar-refractivity contribution in [3.63, 3.8) is 0 Å². The molecule has 0 fully saturated rings. The van der Waals surface area contributed by atoms with E-state index in [4.69, 9.17) is 10.7 Å². The number of hydrogen-bond donors (Lipinski definition) is 3.